The summed E-state index contributed by atoms with van der Waals surface area (Å²) >= 11 is 6.07. The van der Waals surface area contributed by atoms with E-state index in [2.05, 4.69) is 0 Å². The van der Waals surface area contributed by atoms with Gasteiger partial charge in [-0.25, -0.2) is 4.39 Å². The van der Waals surface area contributed by atoms with E-state index in [1.165, 1.54) is 17.7 Å². The first-order chi connectivity index (χ1) is 9.63. The Morgan fingerprint density at radius 3 is 2.90 bits per heavy atom. The van der Waals surface area contributed by atoms with Gasteiger partial charge in [-0.2, -0.15) is 0 Å². The molecule has 1 heterocycles. The molecule has 2 aromatic rings. The van der Waals surface area contributed by atoms with Gasteiger partial charge < -0.3 is 10.5 Å². The fraction of sp³-hybridized carbons (Fsp3) is 0.250. The summed E-state index contributed by atoms with van der Waals surface area (Å²) in [7, 11) is 0. The summed E-state index contributed by atoms with van der Waals surface area (Å²) in [6, 6.07) is 12.0. The number of benzene rings is 2. The van der Waals surface area contributed by atoms with Crippen LogP contribution in [0.5, 0.6) is 5.75 Å². The van der Waals surface area contributed by atoms with E-state index < -0.39 is 0 Å². The van der Waals surface area contributed by atoms with Crippen molar-refractivity contribution >= 4 is 11.6 Å². The Labute approximate surface area is 122 Å². The molecule has 3 rings (SSSR count). The molecular weight excluding hydrogens is 277 g/mol. The Bertz CT molecular complexity index is 607. The van der Waals surface area contributed by atoms with Crippen LogP contribution in [-0.4, -0.2) is 12.1 Å². The van der Waals surface area contributed by atoms with Crippen molar-refractivity contribution in [3.63, 3.8) is 0 Å². The summed E-state index contributed by atoms with van der Waals surface area (Å²) in [5, 5.41) is 0.539. The third kappa shape index (κ3) is 2.65. The molecule has 0 bridgehead atoms. The quantitative estimate of drug-likeness (QED) is 0.941. The molecule has 20 heavy (non-hydrogen) atoms. The minimum Gasteiger partial charge on any atom is -0.488 e. The highest BCUT2D eigenvalue weighted by atomic mass is 35.5. The average Bonchev–Trinajstić information content (AvgIpc) is 2.87. The predicted molar refractivity (Wildman–Crippen MR) is 77.7 cm³/mol. The van der Waals surface area contributed by atoms with E-state index in [1.54, 1.807) is 6.07 Å². The van der Waals surface area contributed by atoms with Gasteiger partial charge in [0, 0.05) is 17.5 Å². The number of nitrogens with two attached hydrogens (primary N) is 1. The second kappa shape index (κ2) is 5.43. The van der Waals surface area contributed by atoms with Crippen LogP contribution in [0.15, 0.2) is 42.5 Å². The van der Waals surface area contributed by atoms with Crippen molar-refractivity contribution < 1.29 is 9.13 Å². The molecule has 0 aliphatic carbocycles. The largest absolute Gasteiger partial charge is 0.488 e. The van der Waals surface area contributed by atoms with E-state index in [1.807, 2.05) is 24.3 Å². The van der Waals surface area contributed by atoms with Crippen molar-refractivity contribution in [3.05, 3.63) is 64.4 Å². The van der Waals surface area contributed by atoms with Gasteiger partial charge in [0.1, 0.15) is 17.7 Å². The van der Waals surface area contributed by atoms with Crippen LogP contribution in [0.25, 0.3) is 0 Å². The molecule has 0 fully saturated rings. The zero-order valence-electron chi connectivity index (χ0n) is 10.9. The molecule has 2 aromatic carbocycles. The zero-order valence-corrected chi connectivity index (χ0v) is 11.6. The molecule has 1 aliphatic rings. The van der Waals surface area contributed by atoms with E-state index in [0.29, 0.717) is 11.4 Å². The predicted octanol–water partition coefficient (Wildman–Crippen LogP) is 3.35. The second-order valence-electron chi connectivity index (χ2n) is 5.07. The minimum absolute atomic E-state index is 0.0910. The summed E-state index contributed by atoms with van der Waals surface area (Å²) in [4.78, 5) is 0. The van der Waals surface area contributed by atoms with Crippen molar-refractivity contribution in [2.75, 3.05) is 0 Å². The Morgan fingerprint density at radius 1 is 1.30 bits per heavy atom. The lowest BCUT2D eigenvalue weighted by molar-refractivity contribution is 0.198. The standard InChI is InChI=1S/C16H15ClFNO/c17-13-6-5-12(18)7-11(13)8-14(19)16-9-10-3-1-2-4-15(10)20-16/h1-7,14,16H,8-9,19H2. The van der Waals surface area contributed by atoms with Gasteiger partial charge in [0.25, 0.3) is 0 Å². The number of hydrogen-bond acceptors (Lipinski definition) is 2. The summed E-state index contributed by atoms with van der Waals surface area (Å²) in [5.41, 5.74) is 8.09. The fourth-order valence-corrected chi connectivity index (χ4v) is 2.73. The van der Waals surface area contributed by atoms with Crippen molar-refractivity contribution in [1.29, 1.82) is 0 Å². The SMILES string of the molecule is NC(Cc1cc(F)ccc1Cl)C1Cc2ccccc2O1. The van der Waals surface area contributed by atoms with Crippen molar-refractivity contribution in [1.82, 2.24) is 0 Å². The van der Waals surface area contributed by atoms with E-state index in [-0.39, 0.29) is 18.0 Å². The summed E-state index contributed by atoms with van der Waals surface area (Å²) in [6.07, 6.45) is 1.19. The fourth-order valence-electron chi connectivity index (χ4n) is 2.53. The topological polar surface area (TPSA) is 35.2 Å². The lowest BCUT2D eigenvalue weighted by Crippen LogP contribution is -2.39. The molecule has 2 unspecified atom stereocenters. The molecule has 2 atom stereocenters. The Hall–Kier alpha value is -1.58. The molecule has 0 radical (unpaired) electrons. The Morgan fingerprint density at radius 2 is 2.10 bits per heavy atom. The number of hydrogen-bond donors (Lipinski definition) is 1. The molecule has 2 N–H and O–H groups in total. The molecule has 2 nitrogen and oxygen atoms in total. The monoisotopic (exact) mass is 291 g/mol. The van der Waals surface area contributed by atoms with Crippen LogP contribution in [-0.2, 0) is 12.8 Å². The van der Waals surface area contributed by atoms with Crippen LogP contribution in [0, 0.1) is 5.82 Å². The number of fused-ring (bicyclic) bond motifs is 1. The molecule has 0 spiro atoms. The first-order valence-corrected chi connectivity index (χ1v) is 6.95. The van der Waals surface area contributed by atoms with Gasteiger partial charge in [0.05, 0.1) is 0 Å². The number of halogens is 2. The summed E-state index contributed by atoms with van der Waals surface area (Å²) in [5.74, 6) is 0.588. The van der Waals surface area contributed by atoms with Gasteiger partial charge in [-0.05, 0) is 41.8 Å². The lowest BCUT2D eigenvalue weighted by atomic mass is 9.98. The molecule has 0 saturated heterocycles. The van der Waals surface area contributed by atoms with Crippen LogP contribution in [0.3, 0.4) is 0 Å². The highest BCUT2D eigenvalue weighted by molar-refractivity contribution is 6.31. The normalized spacial score (nSPS) is 18.4. The smallest absolute Gasteiger partial charge is 0.123 e. The van der Waals surface area contributed by atoms with Crippen molar-refractivity contribution in [3.8, 4) is 5.75 Å². The highest BCUT2D eigenvalue weighted by Crippen LogP contribution is 2.30. The van der Waals surface area contributed by atoms with Crippen LogP contribution < -0.4 is 10.5 Å². The Balaban J connectivity index is 1.72. The van der Waals surface area contributed by atoms with Gasteiger partial charge in [-0.1, -0.05) is 29.8 Å². The Kier molecular flexibility index (Phi) is 3.64. The van der Waals surface area contributed by atoms with Gasteiger partial charge in [-0.3, -0.25) is 0 Å². The number of para-hydroxylation sites is 1. The van der Waals surface area contributed by atoms with Crippen LogP contribution in [0.4, 0.5) is 4.39 Å². The summed E-state index contributed by atoms with van der Waals surface area (Å²) in [6.45, 7) is 0. The zero-order chi connectivity index (χ0) is 14.1. The summed E-state index contributed by atoms with van der Waals surface area (Å²) < 4.78 is 19.1. The maximum Gasteiger partial charge on any atom is 0.123 e. The molecular formula is C16H15ClFNO. The molecule has 4 heteroatoms. The molecule has 0 aromatic heterocycles. The maximum absolute atomic E-state index is 13.3. The van der Waals surface area contributed by atoms with E-state index in [9.17, 15) is 4.39 Å². The van der Waals surface area contributed by atoms with Gasteiger partial charge in [-0.15, -0.1) is 0 Å². The molecule has 104 valence electrons. The van der Waals surface area contributed by atoms with Gasteiger partial charge >= 0.3 is 0 Å². The first-order valence-electron chi connectivity index (χ1n) is 6.57. The van der Waals surface area contributed by atoms with Crippen LogP contribution in [0.2, 0.25) is 5.02 Å². The third-order valence-corrected chi connectivity index (χ3v) is 3.98. The molecule has 0 amide bonds. The van der Waals surface area contributed by atoms with E-state index in [4.69, 9.17) is 22.1 Å². The third-order valence-electron chi connectivity index (χ3n) is 3.61. The van der Waals surface area contributed by atoms with Crippen LogP contribution in [0.1, 0.15) is 11.1 Å². The number of ether oxygens (including phenoxy) is 1. The minimum atomic E-state index is -0.299. The average molecular weight is 292 g/mol. The first kappa shape index (κ1) is 13.4. The van der Waals surface area contributed by atoms with Crippen molar-refractivity contribution in [2.24, 2.45) is 5.73 Å². The molecule has 0 saturated carbocycles. The van der Waals surface area contributed by atoms with Gasteiger partial charge in [0.2, 0.25) is 0 Å². The number of rotatable bonds is 3. The highest BCUT2D eigenvalue weighted by Gasteiger charge is 2.28. The van der Waals surface area contributed by atoms with Crippen LogP contribution >= 0.6 is 11.6 Å². The van der Waals surface area contributed by atoms with Gasteiger partial charge in [0.15, 0.2) is 0 Å². The van der Waals surface area contributed by atoms with E-state index in [0.717, 1.165) is 17.7 Å². The second-order valence-corrected chi connectivity index (χ2v) is 5.48. The van der Waals surface area contributed by atoms with Crippen molar-refractivity contribution in [2.45, 2.75) is 25.0 Å². The lowest BCUT2D eigenvalue weighted by Gasteiger charge is -2.19. The van der Waals surface area contributed by atoms with E-state index >= 15 is 0 Å². The molecule has 1 aliphatic heterocycles. The maximum atomic E-state index is 13.3.